The van der Waals surface area contributed by atoms with E-state index in [9.17, 15) is 14.7 Å². The Labute approximate surface area is 163 Å². The number of nitrogens with one attached hydrogen (secondary N) is 2. The fraction of sp³-hybridized carbons (Fsp3) is 0.235. The SMILES string of the molecule is CC(C)[C@H](Sc1nc(N)nc2nc[nH]c12)C(=O)Nc1ccc(O)c(C(=O)O)c1. The van der Waals surface area contributed by atoms with E-state index in [0.717, 1.165) is 0 Å². The molecule has 0 spiro atoms. The van der Waals surface area contributed by atoms with Gasteiger partial charge in [-0.1, -0.05) is 25.6 Å². The van der Waals surface area contributed by atoms with Gasteiger partial charge in [0.25, 0.3) is 0 Å². The highest BCUT2D eigenvalue weighted by atomic mass is 32.2. The summed E-state index contributed by atoms with van der Waals surface area (Å²) in [7, 11) is 0. The van der Waals surface area contributed by atoms with Crippen LogP contribution in [-0.4, -0.2) is 47.3 Å². The number of carbonyl (C=O) groups excluding carboxylic acids is 1. The van der Waals surface area contributed by atoms with Crippen molar-refractivity contribution in [2.45, 2.75) is 24.1 Å². The summed E-state index contributed by atoms with van der Waals surface area (Å²) in [6.45, 7) is 3.76. The van der Waals surface area contributed by atoms with Crippen LogP contribution in [0.4, 0.5) is 11.6 Å². The Morgan fingerprint density at radius 1 is 1.29 bits per heavy atom. The number of hydrogen-bond donors (Lipinski definition) is 5. The number of anilines is 2. The number of carboxylic acid groups (broad SMARTS) is 1. The van der Waals surface area contributed by atoms with Gasteiger partial charge in [-0.2, -0.15) is 4.98 Å². The van der Waals surface area contributed by atoms with Gasteiger partial charge in [0, 0.05) is 5.69 Å². The van der Waals surface area contributed by atoms with Gasteiger partial charge in [0.1, 0.15) is 21.9 Å². The van der Waals surface area contributed by atoms with Crippen molar-refractivity contribution in [3.63, 3.8) is 0 Å². The van der Waals surface area contributed by atoms with Crippen LogP contribution in [0, 0.1) is 5.92 Å². The zero-order valence-electron chi connectivity index (χ0n) is 15.0. The van der Waals surface area contributed by atoms with Gasteiger partial charge < -0.3 is 26.2 Å². The molecule has 11 heteroatoms. The van der Waals surface area contributed by atoms with Crippen molar-refractivity contribution < 1.29 is 19.8 Å². The van der Waals surface area contributed by atoms with Crippen molar-refractivity contribution in [1.29, 1.82) is 0 Å². The molecule has 0 fully saturated rings. The number of amides is 1. The highest BCUT2D eigenvalue weighted by molar-refractivity contribution is 8.00. The van der Waals surface area contributed by atoms with E-state index < -0.39 is 11.2 Å². The third-order valence-electron chi connectivity index (χ3n) is 3.87. The van der Waals surface area contributed by atoms with E-state index in [1.807, 2.05) is 13.8 Å². The lowest BCUT2D eigenvalue weighted by Gasteiger charge is -2.20. The van der Waals surface area contributed by atoms with E-state index in [2.05, 4.69) is 25.3 Å². The smallest absolute Gasteiger partial charge is 0.339 e. The Morgan fingerprint density at radius 3 is 2.71 bits per heavy atom. The molecule has 0 bridgehead atoms. The molecule has 0 saturated heterocycles. The number of aromatic carboxylic acids is 1. The molecule has 28 heavy (non-hydrogen) atoms. The average Bonchev–Trinajstić information content (AvgIpc) is 3.08. The molecule has 0 unspecified atom stereocenters. The molecular formula is C17H18N6O4S. The summed E-state index contributed by atoms with van der Waals surface area (Å²) in [6, 6.07) is 3.85. The number of benzene rings is 1. The van der Waals surface area contributed by atoms with Crippen LogP contribution in [0.15, 0.2) is 29.6 Å². The van der Waals surface area contributed by atoms with Gasteiger partial charge in [0.15, 0.2) is 5.65 Å². The van der Waals surface area contributed by atoms with Gasteiger partial charge in [-0.3, -0.25) is 4.79 Å². The van der Waals surface area contributed by atoms with Crippen molar-refractivity contribution in [2.75, 3.05) is 11.1 Å². The first-order valence-corrected chi connectivity index (χ1v) is 9.14. The minimum absolute atomic E-state index is 0.0506. The van der Waals surface area contributed by atoms with Gasteiger partial charge in [0.2, 0.25) is 11.9 Å². The second-order valence-corrected chi connectivity index (χ2v) is 7.43. The topological polar surface area (TPSA) is 167 Å². The van der Waals surface area contributed by atoms with Crippen molar-refractivity contribution >= 4 is 46.4 Å². The number of thioether (sulfide) groups is 1. The first kappa shape index (κ1) is 19.4. The standard InChI is InChI=1S/C17H18N6O4S/c1-7(2)12(28-15-11-13(20-6-19-11)22-17(18)23-15)14(25)21-8-3-4-10(24)9(5-8)16(26)27/h3-7,12,24H,1-2H3,(H,21,25)(H,26,27)(H3,18,19,20,22,23)/t12-/m0/s1. The van der Waals surface area contributed by atoms with E-state index in [4.69, 9.17) is 10.8 Å². The van der Waals surface area contributed by atoms with Crippen LogP contribution in [0.2, 0.25) is 0 Å². The fourth-order valence-corrected chi connectivity index (χ4v) is 3.61. The number of aromatic amines is 1. The van der Waals surface area contributed by atoms with Crippen LogP contribution in [0.25, 0.3) is 11.2 Å². The quantitative estimate of drug-likeness (QED) is 0.235. The maximum absolute atomic E-state index is 12.8. The molecule has 0 aliphatic rings. The normalized spacial score (nSPS) is 12.2. The molecule has 6 N–H and O–H groups in total. The number of imidazole rings is 1. The lowest BCUT2D eigenvalue weighted by atomic mass is 10.1. The van der Waals surface area contributed by atoms with Gasteiger partial charge in [-0.15, -0.1) is 0 Å². The summed E-state index contributed by atoms with van der Waals surface area (Å²) in [6.07, 6.45) is 1.47. The molecule has 1 amide bonds. The number of fused-ring (bicyclic) bond motifs is 1. The lowest BCUT2D eigenvalue weighted by Crippen LogP contribution is -2.29. The number of aromatic nitrogens is 4. The fourth-order valence-electron chi connectivity index (χ4n) is 2.52. The number of nitrogen functional groups attached to an aromatic ring is 1. The molecule has 146 valence electrons. The molecular weight excluding hydrogens is 384 g/mol. The molecule has 0 radical (unpaired) electrons. The predicted molar refractivity (Wildman–Crippen MR) is 104 cm³/mol. The van der Waals surface area contributed by atoms with Gasteiger partial charge in [0.05, 0.1) is 11.6 Å². The first-order chi connectivity index (χ1) is 13.3. The summed E-state index contributed by atoms with van der Waals surface area (Å²) < 4.78 is 0. The summed E-state index contributed by atoms with van der Waals surface area (Å²) in [5.74, 6) is -2.03. The number of aromatic hydroxyl groups is 1. The van der Waals surface area contributed by atoms with Crippen LogP contribution < -0.4 is 11.1 Å². The summed E-state index contributed by atoms with van der Waals surface area (Å²) in [4.78, 5) is 39.2. The van der Waals surface area contributed by atoms with E-state index in [1.54, 1.807) is 0 Å². The Bertz CT molecular complexity index is 1050. The number of nitrogens with two attached hydrogens (primary N) is 1. The van der Waals surface area contributed by atoms with Gasteiger partial charge >= 0.3 is 5.97 Å². The highest BCUT2D eigenvalue weighted by Crippen LogP contribution is 2.32. The number of carboxylic acids is 1. The summed E-state index contributed by atoms with van der Waals surface area (Å²) >= 11 is 1.21. The Balaban J connectivity index is 1.86. The van der Waals surface area contributed by atoms with Crippen LogP contribution in [0.1, 0.15) is 24.2 Å². The van der Waals surface area contributed by atoms with Gasteiger partial charge in [-0.25, -0.2) is 14.8 Å². The number of hydrogen-bond acceptors (Lipinski definition) is 8. The second kappa shape index (κ2) is 7.72. The van der Waals surface area contributed by atoms with E-state index in [-0.39, 0.29) is 34.8 Å². The van der Waals surface area contributed by atoms with E-state index >= 15 is 0 Å². The van der Waals surface area contributed by atoms with Crippen LogP contribution in [0.5, 0.6) is 5.75 Å². The first-order valence-electron chi connectivity index (χ1n) is 8.26. The Morgan fingerprint density at radius 2 is 2.04 bits per heavy atom. The largest absolute Gasteiger partial charge is 0.507 e. The average molecular weight is 402 g/mol. The van der Waals surface area contributed by atoms with Crippen LogP contribution in [-0.2, 0) is 4.79 Å². The molecule has 2 aromatic heterocycles. The van der Waals surface area contributed by atoms with Crippen LogP contribution in [0.3, 0.4) is 0 Å². The molecule has 2 heterocycles. The van der Waals surface area contributed by atoms with Crippen molar-refractivity contribution in [2.24, 2.45) is 5.92 Å². The van der Waals surface area contributed by atoms with E-state index in [1.165, 1.54) is 36.3 Å². The number of H-pyrrole nitrogens is 1. The number of carbonyl (C=O) groups is 2. The third kappa shape index (κ3) is 3.98. The molecule has 3 rings (SSSR count). The van der Waals surface area contributed by atoms with Crippen molar-refractivity contribution in [3.05, 3.63) is 30.1 Å². The molecule has 1 aromatic carbocycles. The summed E-state index contributed by atoms with van der Waals surface area (Å²) in [5, 5.41) is 21.3. The second-order valence-electron chi connectivity index (χ2n) is 6.30. The van der Waals surface area contributed by atoms with Gasteiger partial charge in [-0.05, 0) is 24.1 Å². The summed E-state index contributed by atoms with van der Waals surface area (Å²) in [5.41, 5.74) is 6.68. The van der Waals surface area contributed by atoms with E-state index in [0.29, 0.717) is 16.2 Å². The minimum Gasteiger partial charge on any atom is -0.507 e. The number of nitrogens with zero attached hydrogens (tertiary/aromatic N) is 3. The molecule has 3 aromatic rings. The number of phenols is 1. The minimum atomic E-state index is -1.29. The molecule has 0 aliphatic heterocycles. The molecule has 10 nitrogen and oxygen atoms in total. The maximum Gasteiger partial charge on any atom is 0.339 e. The third-order valence-corrected chi connectivity index (χ3v) is 5.40. The Hall–Kier alpha value is -3.34. The lowest BCUT2D eigenvalue weighted by molar-refractivity contribution is -0.116. The maximum atomic E-state index is 12.8. The number of rotatable bonds is 6. The molecule has 0 aliphatic carbocycles. The predicted octanol–water partition coefficient (Wildman–Crippen LogP) is 2.09. The molecule has 1 atom stereocenters. The Kier molecular flexibility index (Phi) is 5.36. The van der Waals surface area contributed by atoms with Crippen molar-refractivity contribution in [3.8, 4) is 5.75 Å². The zero-order valence-corrected chi connectivity index (χ0v) is 15.8. The zero-order chi connectivity index (χ0) is 20.4. The van der Waals surface area contributed by atoms with Crippen LogP contribution >= 0.6 is 11.8 Å². The molecule has 0 saturated carbocycles. The highest BCUT2D eigenvalue weighted by Gasteiger charge is 2.26. The monoisotopic (exact) mass is 402 g/mol. The van der Waals surface area contributed by atoms with Crippen molar-refractivity contribution in [1.82, 2.24) is 19.9 Å².